The van der Waals surface area contributed by atoms with Gasteiger partial charge in [0.1, 0.15) is 0 Å². The minimum absolute atomic E-state index is 0. The first kappa shape index (κ1) is 22.4. The largest absolute Gasteiger partial charge is 1.00 e. The molecule has 0 aliphatic carbocycles. The molecule has 21 heavy (non-hydrogen) atoms. The molecule has 4 heteroatoms. The fourth-order valence-electron chi connectivity index (χ4n) is 3.91. The summed E-state index contributed by atoms with van der Waals surface area (Å²) >= 11 is 0. The van der Waals surface area contributed by atoms with Crippen LogP contribution in [0.5, 0.6) is 0 Å². The molecule has 0 N–H and O–H groups in total. The van der Waals surface area contributed by atoms with E-state index in [9.17, 15) is 0 Å². The second kappa shape index (κ2) is 9.62. The van der Waals surface area contributed by atoms with Crippen molar-refractivity contribution < 1.29 is 56.9 Å². The SMILES string of the molecule is C[N+]1(C)CCC(CCCC2CC[N+](C)(C)CC2)CC1.[I-].[I-]. The van der Waals surface area contributed by atoms with E-state index in [-0.39, 0.29) is 48.0 Å². The van der Waals surface area contributed by atoms with Gasteiger partial charge in [0.05, 0.1) is 54.4 Å². The summed E-state index contributed by atoms with van der Waals surface area (Å²) in [5.74, 6) is 2.09. The first-order chi connectivity index (χ1) is 8.86. The van der Waals surface area contributed by atoms with Crippen LogP contribution < -0.4 is 48.0 Å². The summed E-state index contributed by atoms with van der Waals surface area (Å²) in [6.07, 6.45) is 10.4. The van der Waals surface area contributed by atoms with Crippen molar-refractivity contribution in [1.29, 1.82) is 0 Å². The van der Waals surface area contributed by atoms with Gasteiger partial charge in [0, 0.05) is 0 Å². The number of rotatable bonds is 4. The maximum absolute atomic E-state index is 2.39. The molecule has 0 atom stereocenters. The average molecular weight is 522 g/mol. The Morgan fingerprint density at radius 1 is 0.619 bits per heavy atom. The van der Waals surface area contributed by atoms with Crippen LogP contribution in [0.1, 0.15) is 44.9 Å². The Morgan fingerprint density at radius 3 is 1.19 bits per heavy atom. The van der Waals surface area contributed by atoms with E-state index in [1.165, 1.54) is 80.1 Å². The molecular weight excluding hydrogens is 486 g/mol. The number of hydrogen-bond acceptors (Lipinski definition) is 0. The Kier molecular flexibility index (Phi) is 10.3. The van der Waals surface area contributed by atoms with E-state index >= 15 is 0 Å². The lowest BCUT2D eigenvalue weighted by Gasteiger charge is -2.38. The van der Waals surface area contributed by atoms with Gasteiger partial charge in [-0.3, -0.25) is 0 Å². The molecule has 0 bridgehead atoms. The fraction of sp³-hybridized carbons (Fsp3) is 1.00. The van der Waals surface area contributed by atoms with Gasteiger partial charge in [-0.15, -0.1) is 0 Å². The van der Waals surface area contributed by atoms with E-state index in [0.717, 1.165) is 11.8 Å². The van der Waals surface area contributed by atoms with E-state index in [2.05, 4.69) is 28.2 Å². The third-order valence-electron chi connectivity index (χ3n) is 5.80. The smallest absolute Gasteiger partial charge is 0.0785 e. The predicted molar refractivity (Wildman–Crippen MR) is 83.0 cm³/mol. The molecule has 0 amide bonds. The summed E-state index contributed by atoms with van der Waals surface area (Å²) in [5.41, 5.74) is 0. The van der Waals surface area contributed by atoms with Crippen LogP contribution in [0.3, 0.4) is 0 Å². The molecule has 2 rings (SSSR count). The molecule has 0 unspecified atom stereocenters. The van der Waals surface area contributed by atoms with Crippen molar-refractivity contribution in [3.63, 3.8) is 0 Å². The van der Waals surface area contributed by atoms with Gasteiger partial charge in [-0.2, -0.15) is 0 Å². The molecule has 2 fully saturated rings. The normalized spacial score (nSPS) is 25.7. The van der Waals surface area contributed by atoms with Gasteiger partial charge in [-0.25, -0.2) is 0 Å². The lowest BCUT2D eigenvalue weighted by molar-refractivity contribution is -0.896. The number of halogens is 2. The van der Waals surface area contributed by atoms with Crippen LogP contribution in [0.4, 0.5) is 0 Å². The molecule has 0 saturated carbocycles. The van der Waals surface area contributed by atoms with Crippen molar-refractivity contribution in [3.05, 3.63) is 0 Å². The molecule has 0 spiro atoms. The summed E-state index contributed by atoms with van der Waals surface area (Å²) in [4.78, 5) is 0. The highest BCUT2D eigenvalue weighted by Gasteiger charge is 2.28. The molecule has 2 aliphatic rings. The molecule has 2 nitrogen and oxygen atoms in total. The van der Waals surface area contributed by atoms with Crippen LogP contribution >= 0.6 is 0 Å². The first-order valence-electron chi connectivity index (χ1n) is 8.50. The van der Waals surface area contributed by atoms with Crippen LogP contribution in [0.2, 0.25) is 0 Å². The maximum Gasteiger partial charge on any atom is 0.0785 e. The molecule has 2 heterocycles. The Balaban J connectivity index is 0.00000200. The number of likely N-dealkylation sites (tertiary alicyclic amines) is 2. The van der Waals surface area contributed by atoms with E-state index < -0.39 is 0 Å². The zero-order valence-electron chi connectivity index (χ0n) is 14.6. The third-order valence-corrected chi connectivity index (χ3v) is 5.80. The first-order valence-corrected chi connectivity index (χ1v) is 8.50. The van der Waals surface area contributed by atoms with Gasteiger partial charge in [-0.1, -0.05) is 19.3 Å². The van der Waals surface area contributed by atoms with E-state index in [0.29, 0.717) is 0 Å². The zero-order chi connectivity index (χ0) is 13.9. The summed E-state index contributed by atoms with van der Waals surface area (Å²) in [6.45, 7) is 5.61. The van der Waals surface area contributed by atoms with Crippen molar-refractivity contribution in [2.75, 3.05) is 54.4 Å². The second-order valence-corrected chi connectivity index (χ2v) is 8.58. The molecule has 2 aliphatic heterocycles. The maximum atomic E-state index is 2.39. The number of piperidine rings is 2. The standard InChI is InChI=1S/C17H36N2.2HI/c1-18(2)12-8-16(9-13-18)6-5-7-17-10-14-19(3,4)15-11-17;;/h16-17H,5-15H2,1-4H3;2*1H/q+2;;/p-2. The van der Waals surface area contributed by atoms with Gasteiger partial charge in [0.25, 0.3) is 0 Å². The lowest BCUT2D eigenvalue weighted by atomic mass is 9.86. The van der Waals surface area contributed by atoms with Crippen molar-refractivity contribution in [3.8, 4) is 0 Å². The predicted octanol–water partition coefficient (Wildman–Crippen LogP) is -2.86. The van der Waals surface area contributed by atoms with Crippen molar-refractivity contribution >= 4 is 0 Å². The second-order valence-electron chi connectivity index (χ2n) is 8.58. The van der Waals surface area contributed by atoms with Gasteiger partial charge in [0.15, 0.2) is 0 Å². The summed E-state index contributed by atoms with van der Waals surface area (Å²) in [5, 5.41) is 0. The minimum Gasteiger partial charge on any atom is -1.00 e. The molecule has 0 aromatic heterocycles. The van der Waals surface area contributed by atoms with Crippen LogP contribution in [-0.2, 0) is 0 Å². The Morgan fingerprint density at radius 2 is 0.905 bits per heavy atom. The van der Waals surface area contributed by atoms with Gasteiger partial charge in [-0.05, 0) is 37.5 Å². The van der Waals surface area contributed by atoms with E-state index in [1.54, 1.807) is 0 Å². The van der Waals surface area contributed by atoms with Gasteiger partial charge < -0.3 is 56.9 Å². The molecule has 0 aromatic rings. The Labute approximate surface area is 167 Å². The van der Waals surface area contributed by atoms with E-state index in [1.807, 2.05) is 0 Å². The number of quaternary nitrogens is 2. The van der Waals surface area contributed by atoms with Crippen molar-refractivity contribution in [1.82, 2.24) is 0 Å². The van der Waals surface area contributed by atoms with Crippen molar-refractivity contribution in [2.24, 2.45) is 11.8 Å². The fourth-order valence-corrected chi connectivity index (χ4v) is 3.91. The van der Waals surface area contributed by atoms with Crippen LogP contribution in [0.15, 0.2) is 0 Å². The summed E-state index contributed by atoms with van der Waals surface area (Å²) in [7, 11) is 9.55. The molecule has 2 saturated heterocycles. The molecular formula is C17H36I2N2. The highest BCUT2D eigenvalue weighted by molar-refractivity contribution is 4.68. The van der Waals surface area contributed by atoms with Gasteiger partial charge >= 0.3 is 0 Å². The third kappa shape index (κ3) is 8.15. The average Bonchev–Trinajstić information content (AvgIpc) is 2.33. The topological polar surface area (TPSA) is 0 Å². The summed E-state index contributed by atoms with van der Waals surface area (Å²) in [6, 6.07) is 0. The Bertz CT molecular complexity index is 245. The summed E-state index contributed by atoms with van der Waals surface area (Å²) < 4.78 is 2.51. The molecule has 0 radical (unpaired) electrons. The molecule has 128 valence electrons. The van der Waals surface area contributed by atoms with Gasteiger partial charge in [0.2, 0.25) is 0 Å². The monoisotopic (exact) mass is 522 g/mol. The lowest BCUT2D eigenvalue weighted by Crippen LogP contribution is -3.00. The highest BCUT2D eigenvalue weighted by atomic mass is 127. The van der Waals surface area contributed by atoms with Crippen LogP contribution in [0.25, 0.3) is 0 Å². The number of nitrogens with zero attached hydrogens (tertiary/aromatic N) is 2. The number of hydrogen-bond donors (Lipinski definition) is 0. The Hall–Kier alpha value is 1.38. The minimum atomic E-state index is 0. The van der Waals surface area contributed by atoms with Crippen LogP contribution in [-0.4, -0.2) is 63.3 Å². The van der Waals surface area contributed by atoms with Crippen LogP contribution in [0, 0.1) is 11.8 Å². The zero-order valence-corrected chi connectivity index (χ0v) is 18.9. The van der Waals surface area contributed by atoms with Crippen molar-refractivity contribution in [2.45, 2.75) is 44.9 Å². The highest BCUT2D eigenvalue weighted by Crippen LogP contribution is 2.29. The van der Waals surface area contributed by atoms with E-state index in [4.69, 9.17) is 0 Å². The quantitative estimate of drug-likeness (QED) is 0.276. The molecule has 0 aromatic carbocycles.